The van der Waals surface area contributed by atoms with Gasteiger partial charge in [-0.1, -0.05) is 87.0 Å². The van der Waals surface area contributed by atoms with Crippen LogP contribution in [0.15, 0.2) is 103 Å². The van der Waals surface area contributed by atoms with Gasteiger partial charge in [-0.15, -0.1) is 0 Å². The fraction of sp³-hybridized carbons (Fsp3) is 0.342. The number of phenols is 1. The number of aliphatic carboxylic acids is 1. The van der Waals surface area contributed by atoms with E-state index in [4.69, 9.17) is 5.11 Å². The molecule has 0 bridgehead atoms. The van der Waals surface area contributed by atoms with Crippen molar-refractivity contribution in [1.29, 1.82) is 0 Å². The molecule has 0 aromatic heterocycles. The summed E-state index contributed by atoms with van der Waals surface area (Å²) in [6.45, 7) is 11.4. The molecule has 5 heteroatoms. The Labute approximate surface area is 257 Å². The maximum Gasteiger partial charge on any atom is 0.303 e. The summed E-state index contributed by atoms with van der Waals surface area (Å²) in [5.74, 6) is -0.458. The van der Waals surface area contributed by atoms with Gasteiger partial charge in [-0.2, -0.15) is 0 Å². The standard InChI is InChI=1S/C38H46N2O3/c1-5-39(6-2)31-25-26-32(35(41)28-31)30(24-23-29-16-9-7-10-17-29)18-15-21-36-38(3,4)33-19-12-13-20-34(33)40(36)27-14-8-11-22-37(42)43/h7,9-10,12-13,15-21,24-26,28,41H,5-6,8,11,14,22-23,27H2,1-4H3,(H,42,43)/b18-15+,30-24-,36-21+. The van der Waals surface area contributed by atoms with Crippen LogP contribution in [0, 0.1) is 0 Å². The number of aromatic hydroxyl groups is 1. The number of anilines is 2. The zero-order chi connectivity index (χ0) is 30.8. The van der Waals surface area contributed by atoms with Crippen molar-refractivity contribution in [1.82, 2.24) is 0 Å². The van der Waals surface area contributed by atoms with E-state index in [0.717, 1.165) is 55.7 Å². The van der Waals surface area contributed by atoms with Crippen LogP contribution >= 0.6 is 0 Å². The third-order valence-electron chi connectivity index (χ3n) is 8.42. The van der Waals surface area contributed by atoms with E-state index < -0.39 is 5.97 Å². The second kappa shape index (κ2) is 14.8. The minimum absolute atomic E-state index is 0.177. The van der Waals surface area contributed by atoms with Crippen LogP contribution in [0.2, 0.25) is 0 Å². The topological polar surface area (TPSA) is 64.0 Å². The smallest absolute Gasteiger partial charge is 0.303 e. The molecule has 0 aliphatic carbocycles. The third kappa shape index (κ3) is 7.78. The summed E-state index contributed by atoms with van der Waals surface area (Å²) in [5, 5.41) is 20.2. The number of allylic oxidation sites excluding steroid dienone is 6. The summed E-state index contributed by atoms with van der Waals surface area (Å²) in [6, 6.07) is 24.9. The number of benzene rings is 3. The van der Waals surface area contributed by atoms with E-state index >= 15 is 0 Å². The number of carboxylic acids is 1. The lowest BCUT2D eigenvalue weighted by molar-refractivity contribution is -0.137. The highest BCUT2D eigenvalue weighted by Gasteiger charge is 2.39. The van der Waals surface area contributed by atoms with Gasteiger partial charge in [0, 0.05) is 60.2 Å². The Kier molecular flexibility index (Phi) is 10.9. The van der Waals surface area contributed by atoms with Gasteiger partial charge in [0.05, 0.1) is 0 Å². The molecule has 0 unspecified atom stereocenters. The number of hydrogen-bond donors (Lipinski definition) is 2. The van der Waals surface area contributed by atoms with Gasteiger partial charge in [-0.05, 0) is 74.1 Å². The molecule has 0 saturated carbocycles. The second-order valence-corrected chi connectivity index (χ2v) is 11.6. The van der Waals surface area contributed by atoms with Crippen LogP contribution in [-0.2, 0) is 16.6 Å². The van der Waals surface area contributed by atoms with Crippen LogP contribution in [0.1, 0.15) is 70.1 Å². The highest BCUT2D eigenvalue weighted by atomic mass is 16.4. The molecule has 0 saturated heterocycles. The van der Waals surface area contributed by atoms with Gasteiger partial charge >= 0.3 is 5.97 Å². The Morgan fingerprint density at radius 3 is 2.35 bits per heavy atom. The van der Waals surface area contributed by atoms with Crippen molar-refractivity contribution in [3.63, 3.8) is 0 Å². The predicted octanol–water partition coefficient (Wildman–Crippen LogP) is 8.75. The molecule has 0 radical (unpaired) electrons. The van der Waals surface area contributed by atoms with E-state index in [1.54, 1.807) is 0 Å². The molecular formula is C38H46N2O3. The number of phenolic OH excluding ortho intramolecular Hbond substituents is 1. The SMILES string of the molecule is CCN(CC)c1ccc(C(=C\Cc2ccccc2)/C=C/C=C2/N(CCCCCC(=O)O)c3ccccc3C2(C)C)c(O)c1. The first-order valence-corrected chi connectivity index (χ1v) is 15.6. The number of unbranched alkanes of at least 4 members (excludes halogenated alkanes) is 2. The van der Waals surface area contributed by atoms with Crippen molar-refractivity contribution in [2.24, 2.45) is 0 Å². The maximum atomic E-state index is 11.2. The zero-order valence-corrected chi connectivity index (χ0v) is 26.1. The lowest BCUT2D eigenvalue weighted by atomic mass is 9.83. The lowest BCUT2D eigenvalue weighted by Gasteiger charge is -2.27. The van der Waals surface area contributed by atoms with Crippen LogP contribution in [0.25, 0.3) is 5.57 Å². The molecule has 5 nitrogen and oxygen atoms in total. The molecule has 1 aliphatic rings. The van der Waals surface area contributed by atoms with E-state index in [9.17, 15) is 9.90 Å². The molecule has 4 rings (SSSR count). The van der Waals surface area contributed by atoms with Gasteiger partial charge in [0.25, 0.3) is 0 Å². The molecule has 1 heterocycles. The molecule has 0 fully saturated rings. The molecule has 1 aliphatic heterocycles. The van der Waals surface area contributed by atoms with Crippen LogP contribution < -0.4 is 9.80 Å². The minimum Gasteiger partial charge on any atom is -0.507 e. The lowest BCUT2D eigenvalue weighted by Crippen LogP contribution is -2.27. The summed E-state index contributed by atoms with van der Waals surface area (Å²) in [6.07, 6.45) is 12.1. The highest BCUT2D eigenvalue weighted by molar-refractivity contribution is 5.80. The van der Waals surface area contributed by atoms with Gasteiger partial charge in [-0.25, -0.2) is 0 Å². The van der Waals surface area contributed by atoms with Crippen molar-refractivity contribution >= 4 is 22.9 Å². The monoisotopic (exact) mass is 578 g/mol. The maximum absolute atomic E-state index is 11.2. The number of para-hydroxylation sites is 1. The number of fused-ring (bicyclic) bond motifs is 1. The van der Waals surface area contributed by atoms with Crippen molar-refractivity contribution in [3.8, 4) is 5.75 Å². The predicted molar refractivity (Wildman–Crippen MR) is 180 cm³/mol. The van der Waals surface area contributed by atoms with Crippen molar-refractivity contribution in [2.75, 3.05) is 29.4 Å². The quantitative estimate of drug-likeness (QED) is 0.148. The number of nitrogens with zero attached hydrogens (tertiary/aromatic N) is 2. The summed E-state index contributed by atoms with van der Waals surface area (Å²) >= 11 is 0. The van der Waals surface area contributed by atoms with Crippen LogP contribution in [0.3, 0.4) is 0 Å². The van der Waals surface area contributed by atoms with Crippen molar-refractivity contribution in [2.45, 2.75) is 65.2 Å². The van der Waals surface area contributed by atoms with Gasteiger partial charge in [0.1, 0.15) is 5.75 Å². The van der Waals surface area contributed by atoms with Crippen molar-refractivity contribution < 1.29 is 15.0 Å². The average molecular weight is 579 g/mol. The average Bonchev–Trinajstić information content (AvgIpc) is 3.21. The first-order valence-electron chi connectivity index (χ1n) is 15.6. The Bertz CT molecular complexity index is 1470. The molecule has 3 aromatic rings. The normalized spacial score (nSPS) is 15.3. The molecule has 43 heavy (non-hydrogen) atoms. The summed E-state index contributed by atoms with van der Waals surface area (Å²) < 4.78 is 0. The summed E-state index contributed by atoms with van der Waals surface area (Å²) in [4.78, 5) is 15.6. The van der Waals surface area contributed by atoms with E-state index in [1.807, 2.05) is 18.2 Å². The zero-order valence-electron chi connectivity index (χ0n) is 26.1. The largest absolute Gasteiger partial charge is 0.507 e. The Morgan fingerprint density at radius 1 is 0.930 bits per heavy atom. The second-order valence-electron chi connectivity index (χ2n) is 11.6. The van der Waals surface area contributed by atoms with Gasteiger partial charge in [0.15, 0.2) is 0 Å². The number of carbonyl (C=O) groups is 1. The van der Waals surface area contributed by atoms with Gasteiger partial charge in [0.2, 0.25) is 0 Å². The first kappa shape index (κ1) is 31.7. The number of rotatable bonds is 14. The molecule has 0 spiro atoms. The van der Waals surface area contributed by atoms with E-state index in [2.05, 4.69) is 116 Å². The van der Waals surface area contributed by atoms with Crippen LogP contribution in [0.4, 0.5) is 11.4 Å². The van der Waals surface area contributed by atoms with Crippen LogP contribution in [0.5, 0.6) is 5.75 Å². The molecule has 2 N–H and O–H groups in total. The summed E-state index contributed by atoms with van der Waals surface area (Å²) in [5.41, 5.74) is 7.56. The van der Waals surface area contributed by atoms with Crippen molar-refractivity contribution in [3.05, 3.63) is 119 Å². The van der Waals surface area contributed by atoms with E-state index in [1.165, 1.54) is 22.5 Å². The molecule has 0 atom stereocenters. The number of carboxylic acid groups (broad SMARTS) is 1. The fourth-order valence-electron chi connectivity index (χ4n) is 6.01. The first-order chi connectivity index (χ1) is 20.8. The molecule has 226 valence electrons. The third-order valence-corrected chi connectivity index (χ3v) is 8.42. The van der Waals surface area contributed by atoms with E-state index in [0.29, 0.717) is 6.42 Å². The molecular weight excluding hydrogens is 532 g/mol. The molecule has 3 aromatic carbocycles. The fourth-order valence-corrected chi connectivity index (χ4v) is 6.01. The van der Waals surface area contributed by atoms with Gasteiger partial charge < -0.3 is 20.0 Å². The number of hydrogen-bond acceptors (Lipinski definition) is 4. The Morgan fingerprint density at radius 2 is 1.65 bits per heavy atom. The summed E-state index contributed by atoms with van der Waals surface area (Å²) in [7, 11) is 0. The van der Waals surface area contributed by atoms with Crippen LogP contribution in [-0.4, -0.2) is 35.8 Å². The molecule has 0 amide bonds. The Balaban J connectivity index is 1.66. The minimum atomic E-state index is -0.733. The highest BCUT2D eigenvalue weighted by Crippen LogP contribution is 2.47. The Hall–Kier alpha value is -4.25. The van der Waals surface area contributed by atoms with Gasteiger partial charge in [-0.3, -0.25) is 4.79 Å². The van der Waals surface area contributed by atoms with E-state index in [-0.39, 0.29) is 17.6 Å².